The summed E-state index contributed by atoms with van der Waals surface area (Å²) in [6.45, 7) is 2.37. The van der Waals surface area contributed by atoms with Crippen LogP contribution in [0.4, 0.5) is 15.6 Å². The highest BCUT2D eigenvalue weighted by molar-refractivity contribution is 7.14. The van der Waals surface area contributed by atoms with E-state index in [2.05, 4.69) is 20.9 Å². The van der Waals surface area contributed by atoms with E-state index in [1.807, 2.05) is 55.5 Å². The van der Waals surface area contributed by atoms with Gasteiger partial charge in [0.15, 0.2) is 5.13 Å². The Kier molecular flexibility index (Phi) is 5.60. The predicted octanol–water partition coefficient (Wildman–Crippen LogP) is 4.03. The molecule has 6 nitrogen and oxygen atoms in total. The molecule has 0 aliphatic heterocycles. The highest BCUT2D eigenvalue weighted by Crippen LogP contribution is 2.16. The number of nitrogens with zero attached hydrogens (tertiary/aromatic N) is 1. The molecular weight excluding hydrogens is 348 g/mol. The summed E-state index contributed by atoms with van der Waals surface area (Å²) in [5.41, 5.74) is 3.03. The number of thiazole rings is 1. The van der Waals surface area contributed by atoms with Crippen LogP contribution in [-0.2, 0) is 6.54 Å². The fourth-order valence-electron chi connectivity index (χ4n) is 2.29. The lowest BCUT2D eigenvalue weighted by Gasteiger charge is -2.06. The minimum absolute atomic E-state index is 0.275. The largest absolute Gasteiger partial charge is 0.347 e. The molecule has 0 saturated heterocycles. The summed E-state index contributed by atoms with van der Waals surface area (Å²) in [5.74, 6) is -0.280. The molecular formula is C19H18N4O2S. The highest BCUT2D eigenvalue weighted by Gasteiger charge is 2.12. The number of aryl methyl sites for hydroxylation is 1. The molecule has 0 atom stereocenters. The molecule has 2 aromatic carbocycles. The van der Waals surface area contributed by atoms with E-state index in [1.54, 1.807) is 11.4 Å². The summed E-state index contributed by atoms with van der Waals surface area (Å²) in [7, 11) is 0. The zero-order chi connectivity index (χ0) is 18.4. The highest BCUT2D eigenvalue weighted by atomic mass is 32.1. The van der Waals surface area contributed by atoms with Crippen molar-refractivity contribution in [2.45, 2.75) is 13.5 Å². The van der Waals surface area contributed by atoms with Crippen molar-refractivity contribution in [1.82, 2.24) is 10.3 Å². The average Bonchev–Trinajstić information content (AvgIpc) is 3.09. The van der Waals surface area contributed by atoms with Gasteiger partial charge in [-0.15, -0.1) is 11.3 Å². The smallest absolute Gasteiger partial charge is 0.325 e. The third kappa shape index (κ3) is 4.90. The van der Waals surface area contributed by atoms with Gasteiger partial charge in [0.25, 0.3) is 5.91 Å². The van der Waals surface area contributed by atoms with Gasteiger partial charge in [0.2, 0.25) is 0 Å². The van der Waals surface area contributed by atoms with Crippen LogP contribution < -0.4 is 16.0 Å². The van der Waals surface area contributed by atoms with Crippen LogP contribution in [0, 0.1) is 6.92 Å². The van der Waals surface area contributed by atoms with E-state index in [4.69, 9.17) is 0 Å². The quantitative estimate of drug-likeness (QED) is 0.638. The Bertz CT molecular complexity index is 909. The molecule has 1 aromatic heterocycles. The van der Waals surface area contributed by atoms with Crippen molar-refractivity contribution in [3.8, 4) is 0 Å². The first-order valence-corrected chi connectivity index (χ1v) is 8.90. The molecule has 26 heavy (non-hydrogen) atoms. The van der Waals surface area contributed by atoms with Gasteiger partial charge in [0.1, 0.15) is 5.69 Å². The number of carbonyl (C=O) groups excluding carboxylic acids is 2. The van der Waals surface area contributed by atoms with Crippen LogP contribution in [0.1, 0.15) is 21.6 Å². The SMILES string of the molecule is Cc1cccc(NC(=O)Nc2nc(C(=O)NCc3ccccc3)cs2)c1. The number of hydrogen-bond donors (Lipinski definition) is 3. The third-order valence-electron chi connectivity index (χ3n) is 3.53. The van der Waals surface area contributed by atoms with Crippen molar-refractivity contribution in [2.75, 3.05) is 10.6 Å². The van der Waals surface area contributed by atoms with E-state index in [-0.39, 0.29) is 11.6 Å². The summed E-state index contributed by atoms with van der Waals surface area (Å²) in [6, 6.07) is 16.7. The molecule has 0 aliphatic rings. The lowest BCUT2D eigenvalue weighted by Crippen LogP contribution is -2.23. The molecule has 0 aliphatic carbocycles. The van der Waals surface area contributed by atoms with Crippen LogP contribution in [0.2, 0.25) is 0 Å². The van der Waals surface area contributed by atoms with Gasteiger partial charge in [-0.05, 0) is 30.2 Å². The van der Waals surface area contributed by atoms with Crippen molar-refractivity contribution >= 4 is 34.1 Å². The van der Waals surface area contributed by atoms with E-state index in [0.717, 1.165) is 11.1 Å². The summed E-state index contributed by atoms with van der Waals surface area (Å²) in [5, 5.41) is 10.1. The number of anilines is 2. The van der Waals surface area contributed by atoms with E-state index in [1.165, 1.54) is 11.3 Å². The first kappa shape index (κ1) is 17.6. The zero-order valence-corrected chi connectivity index (χ0v) is 15.0. The molecule has 1 heterocycles. The second kappa shape index (κ2) is 8.26. The van der Waals surface area contributed by atoms with Crippen LogP contribution in [-0.4, -0.2) is 16.9 Å². The predicted molar refractivity (Wildman–Crippen MR) is 104 cm³/mol. The Hall–Kier alpha value is -3.19. The standard InChI is InChI=1S/C19H18N4O2S/c1-13-6-5-9-15(10-13)21-18(25)23-19-22-16(12-26-19)17(24)20-11-14-7-3-2-4-8-14/h2-10,12H,11H2,1H3,(H,20,24)(H2,21,22,23,25). The van der Waals surface area contributed by atoms with Gasteiger partial charge in [-0.2, -0.15) is 0 Å². The first-order chi connectivity index (χ1) is 12.6. The van der Waals surface area contributed by atoms with Crippen molar-refractivity contribution in [2.24, 2.45) is 0 Å². The molecule has 3 rings (SSSR count). The maximum atomic E-state index is 12.2. The number of hydrogen-bond acceptors (Lipinski definition) is 4. The molecule has 7 heteroatoms. The Balaban J connectivity index is 1.53. The first-order valence-electron chi connectivity index (χ1n) is 8.02. The lowest BCUT2D eigenvalue weighted by molar-refractivity contribution is 0.0946. The number of benzene rings is 2. The molecule has 3 amide bonds. The molecule has 0 unspecified atom stereocenters. The Morgan fingerprint density at radius 1 is 1.04 bits per heavy atom. The lowest BCUT2D eigenvalue weighted by atomic mass is 10.2. The summed E-state index contributed by atoms with van der Waals surface area (Å²) < 4.78 is 0. The van der Waals surface area contributed by atoms with Gasteiger partial charge in [-0.1, -0.05) is 42.5 Å². The molecule has 0 radical (unpaired) electrons. The molecule has 3 aromatic rings. The molecule has 0 bridgehead atoms. The van der Waals surface area contributed by atoms with E-state index >= 15 is 0 Å². The van der Waals surface area contributed by atoms with Crippen LogP contribution in [0.15, 0.2) is 60.0 Å². The maximum Gasteiger partial charge on any atom is 0.325 e. The van der Waals surface area contributed by atoms with Crippen LogP contribution >= 0.6 is 11.3 Å². The van der Waals surface area contributed by atoms with Crippen molar-refractivity contribution < 1.29 is 9.59 Å². The number of carbonyl (C=O) groups is 2. The molecule has 0 spiro atoms. The fraction of sp³-hybridized carbons (Fsp3) is 0.105. The normalized spacial score (nSPS) is 10.2. The van der Waals surface area contributed by atoms with E-state index in [9.17, 15) is 9.59 Å². The topological polar surface area (TPSA) is 83.1 Å². The fourth-order valence-corrected chi connectivity index (χ4v) is 2.97. The minimum atomic E-state index is -0.402. The third-order valence-corrected chi connectivity index (χ3v) is 4.29. The van der Waals surface area contributed by atoms with Gasteiger partial charge >= 0.3 is 6.03 Å². The van der Waals surface area contributed by atoms with E-state index in [0.29, 0.717) is 17.4 Å². The summed E-state index contributed by atoms with van der Waals surface area (Å²) in [6.07, 6.45) is 0. The van der Waals surface area contributed by atoms with Crippen LogP contribution in [0.25, 0.3) is 0 Å². The molecule has 0 fully saturated rings. The number of nitrogens with one attached hydrogen (secondary N) is 3. The van der Waals surface area contributed by atoms with Crippen LogP contribution in [0.5, 0.6) is 0 Å². The monoisotopic (exact) mass is 366 g/mol. The Labute approximate surface area is 155 Å². The number of aromatic nitrogens is 1. The van der Waals surface area contributed by atoms with Gasteiger partial charge in [-0.25, -0.2) is 9.78 Å². The molecule has 3 N–H and O–H groups in total. The number of urea groups is 1. The second-order valence-corrected chi connectivity index (χ2v) is 6.51. The van der Waals surface area contributed by atoms with Gasteiger partial charge < -0.3 is 10.6 Å². The van der Waals surface area contributed by atoms with Crippen molar-refractivity contribution in [1.29, 1.82) is 0 Å². The number of amides is 3. The minimum Gasteiger partial charge on any atom is -0.347 e. The second-order valence-electron chi connectivity index (χ2n) is 5.65. The molecule has 0 saturated carbocycles. The van der Waals surface area contributed by atoms with E-state index < -0.39 is 6.03 Å². The number of rotatable bonds is 5. The summed E-state index contributed by atoms with van der Waals surface area (Å²) >= 11 is 1.20. The van der Waals surface area contributed by atoms with Gasteiger partial charge in [0.05, 0.1) is 0 Å². The average molecular weight is 366 g/mol. The van der Waals surface area contributed by atoms with Crippen molar-refractivity contribution in [3.63, 3.8) is 0 Å². The zero-order valence-electron chi connectivity index (χ0n) is 14.2. The Morgan fingerprint density at radius 3 is 2.62 bits per heavy atom. The van der Waals surface area contributed by atoms with Gasteiger partial charge in [0, 0.05) is 17.6 Å². The maximum absolute atomic E-state index is 12.2. The van der Waals surface area contributed by atoms with Crippen LogP contribution in [0.3, 0.4) is 0 Å². The molecule has 132 valence electrons. The van der Waals surface area contributed by atoms with Gasteiger partial charge in [-0.3, -0.25) is 10.1 Å². The Morgan fingerprint density at radius 2 is 1.85 bits per heavy atom. The summed E-state index contributed by atoms with van der Waals surface area (Å²) in [4.78, 5) is 28.3. The van der Waals surface area contributed by atoms with Crippen molar-refractivity contribution in [3.05, 3.63) is 76.8 Å².